The van der Waals surface area contributed by atoms with Crippen molar-refractivity contribution in [3.05, 3.63) is 58.1 Å². The standard InChI is InChI=1S/C19H18ClFN2O3S2/c1-2-11-23-18-15(20)4-3-5-16(18)27-19(23)22-17(24)10-12-28(25,26)14-8-6-13(21)7-9-14/h3-9H,2,10-12H2,1H3. The zero-order valence-electron chi connectivity index (χ0n) is 15.1. The number of nitrogens with zero attached hydrogens (tertiary/aromatic N) is 2. The Hall–Kier alpha value is -2.03. The molecular weight excluding hydrogens is 423 g/mol. The minimum absolute atomic E-state index is 0.0172. The van der Waals surface area contributed by atoms with Crippen LogP contribution in [0.3, 0.4) is 0 Å². The van der Waals surface area contributed by atoms with Gasteiger partial charge >= 0.3 is 0 Å². The van der Waals surface area contributed by atoms with Gasteiger partial charge in [0.2, 0.25) is 5.91 Å². The van der Waals surface area contributed by atoms with E-state index in [4.69, 9.17) is 11.6 Å². The Kier molecular flexibility index (Phi) is 6.32. The third kappa shape index (κ3) is 4.51. The minimum Gasteiger partial charge on any atom is -0.315 e. The average molecular weight is 441 g/mol. The van der Waals surface area contributed by atoms with Crippen molar-refractivity contribution in [1.29, 1.82) is 0 Å². The van der Waals surface area contributed by atoms with E-state index in [1.807, 2.05) is 23.6 Å². The predicted molar refractivity (Wildman–Crippen MR) is 109 cm³/mol. The molecule has 0 saturated heterocycles. The van der Waals surface area contributed by atoms with Crippen LogP contribution < -0.4 is 4.80 Å². The van der Waals surface area contributed by atoms with E-state index in [0.717, 1.165) is 28.8 Å². The molecule has 9 heteroatoms. The summed E-state index contributed by atoms with van der Waals surface area (Å²) in [5.74, 6) is -1.44. The molecule has 0 bridgehead atoms. The zero-order chi connectivity index (χ0) is 20.3. The smallest absolute Gasteiger partial charge is 0.249 e. The maximum absolute atomic E-state index is 13.0. The van der Waals surface area contributed by atoms with Gasteiger partial charge in [-0.15, -0.1) is 0 Å². The van der Waals surface area contributed by atoms with Gasteiger partial charge in [-0.05, 0) is 42.8 Å². The lowest BCUT2D eigenvalue weighted by Gasteiger charge is -2.04. The summed E-state index contributed by atoms with van der Waals surface area (Å²) in [7, 11) is -3.69. The molecule has 3 rings (SSSR count). The van der Waals surface area contributed by atoms with Crippen LogP contribution in [0.15, 0.2) is 52.4 Å². The predicted octanol–water partition coefficient (Wildman–Crippen LogP) is 4.20. The summed E-state index contributed by atoms with van der Waals surface area (Å²) < 4.78 is 40.4. The van der Waals surface area contributed by atoms with Crippen molar-refractivity contribution in [3.8, 4) is 0 Å². The maximum atomic E-state index is 13.0. The Labute approximate surface area is 171 Å². The number of aromatic nitrogens is 1. The van der Waals surface area contributed by atoms with Crippen LogP contribution in [-0.4, -0.2) is 24.6 Å². The molecule has 0 N–H and O–H groups in total. The molecule has 1 heterocycles. The van der Waals surface area contributed by atoms with Crippen LogP contribution in [0.2, 0.25) is 5.02 Å². The number of hydrogen-bond acceptors (Lipinski definition) is 4. The zero-order valence-corrected chi connectivity index (χ0v) is 17.5. The number of aryl methyl sites for hydroxylation is 1. The summed E-state index contributed by atoms with van der Waals surface area (Å²) >= 11 is 7.64. The van der Waals surface area contributed by atoms with Gasteiger partial charge in [0.15, 0.2) is 14.6 Å². The number of fused-ring (bicyclic) bond motifs is 1. The number of para-hydroxylation sites is 1. The monoisotopic (exact) mass is 440 g/mol. The van der Waals surface area contributed by atoms with Gasteiger partial charge in [-0.2, -0.15) is 4.99 Å². The Morgan fingerprint density at radius 2 is 1.93 bits per heavy atom. The highest BCUT2D eigenvalue weighted by Crippen LogP contribution is 2.25. The first-order valence-corrected chi connectivity index (χ1v) is 11.5. The highest BCUT2D eigenvalue weighted by Gasteiger charge is 2.17. The van der Waals surface area contributed by atoms with Crippen molar-refractivity contribution in [2.45, 2.75) is 31.2 Å². The van der Waals surface area contributed by atoms with Crippen LogP contribution in [0.4, 0.5) is 4.39 Å². The summed E-state index contributed by atoms with van der Waals surface area (Å²) in [6.45, 7) is 2.65. The fraction of sp³-hybridized carbons (Fsp3) is 0.263. The number of rotatable bonds is 6. The lowest BCUT2D eigenvalue weighted by atomic mass is 10.3. The molecule has 28 heavy (non-hydrogen) atoms. The van der Waals surface area contributed by atoms with E-state index >= 15 is 0 Å². The molecule has 0 aliphatic heterocycles. The summed E-state index contributed by atoms with van der Waals surface area (Å²) in [6, 6.07) is 10.1. The van der Waals surface area contributed by atoms with E-state index in [-0.39, 0.29) is 17.1 Å². The van der Waals surface area contributed by atoms with E-state index in [9.17, 15) is 17.6 Å². The number of carbonyl (C=O) groups excluding carboxylic acids is 1. The molecule has 1 aromatic heterocycles. The third-order valence-electron chi connectivity index (χ3n) is 4.08. The van der Waals surface area contributed by atoms with Crippen molar-refractivity contribution in [3.63, 3.8) is 0 Å². The van der Waals surface area contributed by atoms with Gasteiger partial charge in [0.1, 0.15) is 5.82 Å². The van der Waals surface area contributed by atoms with Crippen LogP contribution in [-0.2, 0) is 21.2 Å². The van der Waals surface area contributed by atoms with Crippen LogP contribution in [0.1, 0.15) is 19.8 Å². The summed E-state index contributed by atoms with van der Waals surface area (Å²) in [5, 5.41) is 0.579. The Bertz CT molecular complexity index is 1180. The van der Waals surface area contributed by atoms with E-state index in [2.05, 4.69) is 4.99 Å². The summed E-state index contributed by atoms with van der Waals surface area (Å²) in [5.41, 5.74) is 0.821. The van der Waals surface area contributed by atoms with Crippen LogP contribution >= 0.6 is 22.9 Å². The molecule has 1 amide bonds. The lowest BCUT2D eigenvalue weighted by molar-refractivity contribution is -0.117. The van der Waals surface area contributed by atoms with E-state index in [1.54, 1.807) is 6.07 Å². The molecule has 5 nitrogen and oxygen atoms in total. The molecular formula is C19H18ClFN2O3S2. The fourth-order valence-electron chi connectivity index (χ4n) is 2.75. The second-order valence-electron chi connectivity index (χ2n) is 6.15. The highest BCUT2D eigenvalue weighted by atomic mass is 35.5. The fourth-order valence-corrected chi connectivity index (χ4v) is 5.41. The molecule has 148 valence electrons. The Morgan fingerprint density at radius 3 is 2.61 bits per heavy atom. The molecule has 0 atom stereocenters. The first kappa shape index (κ1) is 20.7. The third-order valence-corrected chi connectivity index (χ3v) is 7.16. The molecule has 0 aliphatic rings. The van der Waals surface area contributed by atoms with Gasteiger partial charge in [0.25, 0.3) is 0 Å². The number of sulfone groups is 1. The number of halogens is 2. The molecule has 2 aromatic carbocycles. The highest BCUT2D eigenvalue weighted by molar-refractivity contribution is 7.91. The van der Waals surface area contributed by atoms with Crippen molar-refractivity contribution in [2.24, 2.45) is 4.99 Å². The number of benzene rings is 2. The molecule has 0 unspecified atom stereocenters. The maximum Gasteiger partial charge on any atom is 0.249 e. The van der Waals surface area contributed by atoms with Gasteiger partial charge in [-0.3, -0.25) is 4.79 Å². The van der Waals surface area contributed by atoms with Gasteiger partial charge in [0.05, 0.1) is 25.9 Å². The normalized spacial score (nSPS) is 12.6. The van der Waals surface area contributed by atoms with E-state index in [1.165, 1.54) is 23.5 Å². The van der Waals surface area contributed by atoms with Crippen molar-refractivity contribution in [2.75, 3.05) is 5.75 Å². The van der Waals surface area contributed by atoms with Crippen molar-refractivity contribution in [1.82, 2.24) is 4.57 Å². The second kappa shape index (κ2) is 8.55. The minimum atomic E-state index is -3.69. The lowest BCUT2D eigenvalue weighted by Crippen LogP contribution is -2.18. The topological polar surface area (TPSA) is 68.5 Å². The second-order valence-corrected chi connectivity index (χ2v) is 9.68. The Morgan fingerprint density at radius 1 is 1.21 bits per heavy atom. The van der Waals surface area contributed by atoms with Gasteiger partial charge in [-0.1, -0.05) is 35.9 Å². The largest absolute Gasteiger partial charge is 0.315 e. The molecule has 0 spiro atoms. The van der Waals surface area contributed by atoms with Gasteiger partial charge < -0.3 is 4.57 Å². The first-order chi connectivity index (χ1) is 13.3. The summed E-state index contributed by atoms with van der Waals surface area (Å²) in [6.07, 6.45) is 0.575. The molecule has 0 aliphatic carbocycles. The average Bonchev–Trinajstić information content (AvgIpc) is 2.99. The molecule has 0 saturated carbocycles. The van der Waals surface area contributed by atoms with Crippen molar-refractivity contribution < 1.29 is 17.6 Å². The van der Waals surface area contributed by atoms with Crippen molar-refractivity contribution >= 4 is 48.9 Å². The number of carbonyl (C=O) groups is 1. The molecule has 0 radical (unpaired) electrons. The van der Waals surface area contributed by atoms with E-state index < -0.39 is 21.6 Å². The van der Waals surface area contributed by atoms with E-state index in [0.29, 0.717) is 16.4 Å². The van der Waals surface area contributed by atoms with Gasteiger partial charge in [0, 0.05) is 13.0 Å². The summed E-state index contributed by atoms with van der Waals surface area (Å²) in [4.78, 5) is 16.9. The number of thiazole rings is 1. The number of hydrogen-bond donors (Lipinski definition) is 0. The quantitative estimate of drug-likeness (QED) is 0.539. The molecule has 0 fully saturated rings. The first-order valence-electron chi connectivity index (χ1n) is 8.65. The SMILES string of the molecule is CCCn1c(=NC(=O)CCS(=O)(=O)c2ccc(F)cc2)sc2cccc(Cl)c21. The van der Waals surface area contributed by atoms with Crippen LogP contribution in [0.5, 0.6) is 0 Å². The molecule has 3 aromatic rings. The number of amides is 1. The van der Waals surface area contributed by atoms with Crippen LogP contribution in [0.25, 0.3) is 10.2 Å². The van der Waals surface area contributed by atoms with Crippen LogP contribution in [0, 0.1) is 5.82 Å². The Balaban J connectivity index is 1.86. The van der Waals surface area contributed by atoms with Gasteiger partial charge in [-0.25, -0.2) is 12.8 Å².